The standard InChI is InChI=1S/C19H18FN3O2S/c1-25-11-10-21-17(24)12-26-19-16-5-3-2-4-15(16)18(22-23-19)13-6-8-14(20)9-7-13/h2-9H,10-12H2,1H3,(H,21,24). The van der Waals surface area contributed by atoms with Crippen LogP contribution in [0, 0.1) is 5.82 Å². The van der Waals surface area contributed by atoms with Crippen LogP contribution in [0.4, 0.5) is 4.39 Å². The summed E-state index contributed by atoms with van der Waals surface area (Å²) in [6.07, 6.45) is 0. The number of thioether (sulfide) groups is 1. The third kappa shape index (κ3) is 4.36. The van der Waals surface area contributed by atoms with Gasteiger partial charge < -0.3 is 10.1 Å². The SMILES string of the molecule is COCCNC(=O)CSc1nnc(-c2ccc(F)cc2)c2ccccc12. The molecule has 1 heterocycles. The smallest absolute Gasteiger partial charge is 0.230 e. The first-order valence-electron chi connectivity index (χ1n) is 8.09. The number of nitrogens with one attached hydrogen (secondary N) is 1. The first kappa shape index (κ1) is 18.3. The second-order valence-corrected chi connectivity index (χ2v) is 6.50. The fraction of sp³-hybridized carbons (Fsp3) is 0.211. The van der Waals surface area contributed by atoms with Gasteiger partial charge in [-0.3, -0.25) is 4.79 Å². The summed E-state index contributed by atoms with van der Waals surface area (Å²) in [4.78, 5) is 11.9. The Kier molecular flexibility index (Phi) is 6.14. The summed E-state index contributed by atoms with van der Waals surface area (Å²) in [6.45, 7) is 0.956. The summed E-state index contributed by atoms with van der Waals surface area (Å²) >= 11 is 1.34. The van der Waals surface area contributed by atoms with Gasteiger partial charge in [0.1, 0.15) is 16.5 Å². The molecule has 2 aromatic carbocycles. The lowest BCUT2D eigenvalue weighted by Gasteiger charge is -2.09. The molecule has 0 radical (unpaired) electrons. The molecule has 0 atom stereocenters. The number of fused-ring (bicyclic) bond motifs is 1. The molecule has 0 unspecified atom stereocenters. The topological polar surface area (TPSA) is 64.1 Å². The first-order valence-corrected chi connectivity index (χ1v) is 9.07. The predicted molar refractivity (Wildman–Crippen MR) is 101 cm³/mol. The summed E-state index contributed by atoms with van der Waals surface area (Å²) in [6, 6.07) is 13.9. The van der Waals surface area contributed by atoms with Crippen molar-refractivity contribution in [2.75, 3.05) is 26.0 Å². The fourth-order valence-corrected chi connectivity index (χ4v) is 3.29. The molecule has 26 heavy (non-hydrogen) atoms. The zero-order valence-electron chi connectivity index (χ0n) is 14.2. The second-order valence-electron chi connectivity index (χ2n) is 5.54. The summed E-state index contributed by atoms with van der Waals surface area (Å²) in [5, 5.41) is 13.9. The summed E-state index contributed by atoms with van der Waals surface area (Å²) in [5.74, 6) is -0.128. The van der Waals surface area contributed by atoms with Crippen LogP contribution < -0.4 is 5.32 Å². The van der Waals surface area contributed by atoms with E-state index in [4.69, 9.17) is 4.74 Å². The molecule has 5 nitrogen and oxygen atoms in total. The molecule has 1 amide bonds. The second kappa shape index (κ2) is 8.73. The first-order chi connectivity index (χ1) is 12.7. The van der Waals surface area contributed by atoms with E-state index in [2.05, 4.69) is 15.5 Å². The van der Waals surface area contributed by atoms with Crippen molar-refractivity contribution in [1.82, 2.24) is 15.5 Å². The van der Waals surface area contributed by atoms with E-state index < -0.39 is 0 Å². The molecule has 134 valence electrons. The van der Waals surface area contributed by atoms with Crippen molar-refractivity contribution >= 4 is 28.4 Å². The molecule has 0 aliphatic heterocycles. The number of aromatic nitrogens is 2. The number of carbonyl (C=O) groups excluding carboxylic acids is 1. The Balaban J connectivity index is 1.84. The van der Waals surface area contributed by atoms with Gasteiger partial charge in [0.05, 0.1) is 12.4 Å². The number of amides is 1. The van der Waals surface area contributed by atoms with Crippen molar-refractivity contribution in [2.45, 2.75) is 5.03 Å². The van der Waals surface area contributed by atoms with Gasteiger partial charge in [0.25, 0.3) is 0 Å². The third-order valence-corrected chi connectivity index (χ3v) is 4.72. The van der Waals surface area contributed by atoms with Gasteiger partial charge in [-0.1, -0.05) is 36.0 Å². The predicted octanol–water partition coefficient (Wildman–Crippen LogP) is 3.29. The number of benzene rings is 2. The number of halogens is 1. The van der Waals surface area contributed by atoms with Crippen LogP contribution in [-0.2, 0) is 9.53 Å². The van der Waals surface area contributed by atoms with Gasteiger partial charge in [-0.05, 0) is 24.3 Å². The molecule has 3 aromatic rings. The zero-order chi connectivity index (χ0) is 18.4. The minimum absolute atomic E-state index is 0.0828. The summed E-state index contributed by atoms with van der Waals surface area (Å²) < 4.78 is 18.1. The normalized spacial score (nSPS) is 10.8. The van der Waals surface area contributed by atoms with E-state index in [1.807, 2.05) is 24.3 Å². The Morgan fingerprint density at radius 2 is 1.85 bits per heavy atom. The minimum Gasteiger partial charge on any atom is -0.383 e. The van der Waals surface area contributed by atoms with Crippen LogP contribution in [0.1, 0.15) is 0 Å². The maximum Gasteiger partial charge on any atom is 0.230 e. The summed E-state index contributed by atoms with van der Waals surface area (Å²) in [5.41, 5.74) is 1.48. The number of rotatable bonds is 7. The van der Waals surface area contributed by atoms with E-state index in [1.54, 1.807) is 19.2 Å². The molecule has 1 aromatic heterocycles. The molecule has 7 heteroatoms. The van der Waals surface area contributed by atoms with Crippen molar-refractivity contribution in [2.24, 2.45) is 0 Å². The Morgan fingerprint density at radius 3 is 2.58 bits per heavy atom. The zero-order valence-corrected chi connectivity index (χ0v) is 15.1. The summed E-state index contributed by atoms with van der Waals surface area (Å²) in [7, 11) is 1.59. The monoisotopic (exact) mass is 371 g/mol. The Labute approximate surface area is 155 Å². The van der Waals surface area contributed by atoms with E-state index in [0.717, 1.165) is 16.3 Å². The highest BCUT2D eigenvalue weighted by atomic mass is 32.2. The molecule has 0 aliphatic carbocycles. The average molecular weight is 371 g/mol. The number of ether oxygens (including phenoxy) is 1. The van der Waals surface area contributed by atoms with Gasteiger partial charge in [-0.25, -0.2) is 4.39 Å². The Hall–Kier alpha value is -2.51. The average Bonchev–Trinajstić information content (AvgIpc) is 2.67. The lowest BCUT2D eigenvalue weighted by atomic mass is 10.1. The van der Waals surface area contributed by atoms with Crippen molar-refractivity contribution in [1.29, 1.82) is 0 Å². The molecule has 0 fully saturated rings. The number of carbonyl (C=O) groups is 1. The molecule has 1 N–H and O–H groups in total. The number of methoxy groups -OCH3 is 1. The molecular formula is C19H18FN3O2S. The molecule has 0 aliphatic rings. The Morgan fingerprint density at radius 1 is 1.12 bits per heavy atom. The fourth-order valence-electron chi connectivity index (χ4n) is 2.48. The van der Waals surface area contributed by atoms with Gasteiger partial charge in [0.15, 0.2) is 0 Å². The van der Waals surface area contributed by atoms with E-state index in [-0.39, 0.29) is 17.5 Å². The molecule has 3 rings (SSSR count). The lowest BCUT2D eigenvalue weighted by molar-refractivity contribution is -0.118. The molecule has 0 bridgehead atoms. The molecule has 0 spiro atoms. The van der Waals surface area contributed by atoms with E-state index in [9.17, 15) is 9.18 Å². The van der Waals surface area contributed by atoms with Gasteiger partial charge in [-0.2, -0.15) is 0 Å². The van der Waals surface area contributed by atoms with Gasteiger partial charge in [0.2, 0.25) is 5.91 Å². The third-order valence-electron chi connectivity index (χ3n) is 3.74. The van der Waals surface area contributed by atoms with Crippen molar-refractivity contribution in [3.8, 4) is 11.3 Å². The van der Waals surface area contributed by atoms with Crippen LogP contribution in [0.15, 0.2) is 53.6 Å². The van der Waals surface area contributed by atoms with Crippen LogP contribution in [0.3, 0.4) is 0 Å². The van der Waals surface area contributed by atoms with Crippen molar-refractivity contribution in [3.05, 3.63) is 54.3 Å². The van der Waals surface area contributed by atoms with E-state index >= 15 is 0 Å². The number of hydrogen-bond donors (Lipinski definition) is 1. The number of hydrogen-bond acceptors (Lipinski definition) is 5. The van der Waals surface area contributed by atoms with Gasteiger partial charge >= 0.3 is 0 Å². The highest BCUT2D eigenvalue weighted by molar-refractivity contribution is 8.00. The van der Waals surface area contributed by atoms with Crippen LogP contribution in [-0.4, -0.2) is 42.1 Å². The maximum absolute atomic E-state index is 13.2. The van der Waals surface area contributed by atoms with E-state index in [0.29, 0.717) is 23.9 Å². The van der Waals surface area contributed by atoms with Crippen LogP contribution in [0.2, 0.25) is 0 Å². The lowest BCUT2D eigenvalue weighted by Crippen LogP contribution is -2.28. The highest BCUT2D eigenvalue weighted by Gasteiger charge is 2.12. The molecule has 0 saturated heterocycles. The van der Waals surface area contributed by atoms with E-state index in [1.165, 1.54) is 23.9 Å². The van der Waals surface area contributed by atoms with Crippen molar-refractivity contribution < 1.29 is 13.9 Å². The largest absolute Gasteiger partial charge is 0.383 e. The van der Waals surface area contributed by atoms with Gasteiger partial charge in [0, 0.05) is 30.0 Å². The van der Waals surface area contributed by atoms with Crippen LogP contribution in [0.5, 0.6) is 0 Å². The van der Waals surface area contributed by atoms with Gasteiger partial charge in [-0.15, -0.1) is 10.2 Å². The number of nitrogens with zero attached hydrogens (tertiary/aromatic N) is 2. The molecular weight excluding hydrogens is 353 g/mol. The van der Waals surface area contributed by atoms with Crippen LogP contribution >= 0.6 is 11.8 Å². The maximum atomic E-state index is 13.2. The molecule has 0 saturated carbocycles. The highest BCUT2D eigenvalue weighted by Crippen LogP contribution is 2.31. The van der Waals surface area contributed by atoms with Crippen molar-refractivity contribution in [3.63, 3.8) is 0 Å². The Bertz CT molecular complexity index is 903. The minimum atomic E-state index is -0.294. The quantitative estimate of drug-likeness (QED) is 0.510. The van der Waals surface area contributed by atoms with Crippen LogP contribution in [0.25, 0.3) is 22.0 Å².